The van der Waals surface area contributed by atoms with E-state index in [-0.39, 0.29) is 5.41 Å². The molecule has 0 aromatic carbocycles. The van der Waals surface area contributed by atoms with Crippen molar-refractivity contribution in [1.82, 2.24) is 15.5 Å². The first kappa shape index (κ1) is 17.0. The fourth-order valence-electron chi connectivity index (χ4n) is 1.88. The third kappa shape index (κ3) is 5.92. The highest BCUT2D eigenvalue weighted by Gasteiger charge is 2.21. The monoisotopic (exact) mass is 296 g/mol. The Kier molecular flexibility index (Phi) is 7.02. The van der Waals surface area contributed by atoms with Gasteiger partial charge in [-0.3, -0.25) is 4.99 Å². The van der Waals surface area contributed by atoms with Gasteiger partial charge in [0.25, 0.3) is 0 Å². The summed E-state index contributed by atoms with van der Waals surface area (Å²) < 4.78 is 0. The fraction of sp³-hybridized carbons (Fsp3) is 0.667. The number of guanidine groups is 1. The summed E-state index contributed by atoms with van der Waals surface area (Å²) in [6, 6.07) is 4.30. The standard InChI is InChI=1S/C15H28N4S/c1-15(2,13-8-6-11-20-13)12-18-14(16-3)17-9-7-10-19(4)5/h6,8,11H,7,9-10,12H2,1-5H3,(H2,16,17,18). The van der Waals surface area contributed by atoms with E-state index in [0.717, 1.165) is 32.0 Å². The van der Waals surface area contributed by atoms with E-state index >= 15 is 0 Å². The lowest BCUT2D eigenvalue weighted by Gasteiger charge is -2.25. The molecule has 0 unspecified atom stereocenters. The Balaban J connectivity index is 2.34. The maximum atomic E-state index is 4.27. The summed E-state index contributed by atoms with van der Waals surface area (Å²) in [6.07, 6.45) is 1.11. The van der Waals surface area contributed by atoms with Crippen LogP contribution in [0.15, 0.2) is 22.5 Å². The van der Waals surface area contributed by atoms with Crippen LogP contribution in [-0.4, -0.2) is 51.6 Å². The van der Waals surface area contributed by atoms with Crippen LogP contribution in [0.4, 0.5) is 0 Å². The Labute approximate surface area is 127 Å². The molecule has 0 bridgehead atoms. The summed E-state index contributed by atoms with van der Waals surface area (Å²) in [5.74, 6) is 0.883. The Morgan fingerprint density at radius 2 is 2.10 bits per heavy atom. The van der Waals surface area contributed by atoms with Gasteiger partial charge in [0.05, 0.1) is 0 Å². The van der Waals surface area contributed by atoms with Gasteiger partial charge >= 0.3 is 0 Å². The molecule has 0 aliphatic carbocycles. The third-order valence-electron chi connectivity index (χ3n) is 3.18. The van der Waals surface area contributed by atoms with Crippen LogP contribution in [0, 0.1) is 0 Å². The van der Waals surface area contributed by atoms with E-state index in [0.29, 0.717) is 0 Å². The maximum Gasteiger partial charge on any atom is 0.191 e. The lowest BCUT2D eigenvalue weighted by Crippen LogP contribution is -2.43. The van der Waals surface area contributed by atoms with E-state index in [1.807, 2.05) is 18.4 Å². The summed E-state index contributed by atoms with van der Waals surface area (Å²) in [5, 5.41) is 8.91. The van der Waals surface area contributed by atoms with Crippen LogP contribution in [0.2, 0.25) is 0 Å². The SMILES string of the molecule is CN=C(NCCCN(C)C)NCC(C)(C)c1cccs1. The lowest BCUT2D eigenvalue weighted by molar-refractivity contribution is 0.399. The number of thiophene rings is 1. The molecule has 0 saturated carbocycles. The van der Waals surface area contributed by atoms with Gasteiger partial charge in [0, 0.05) is 30.4 Å². The van der Waals surface area contributed by atoms with Crippen LogP contribution in [0.3, 0.4) is 0 Å². The number of nitrogens with one attached hydrogen (secondary N) is 2. The predicted octanol–water partition coefficient (Wildman–Crippen LogP) is 2.14. The van der Waals surface area contributed by atoms with Gasteiger partial charge in [-0.25, -0.2) is 0 Å². The quantitative estimate of drug-likeness (QED) is 0.460. The highest BCUT2D eigenvalue weighted by molar-refractivity contribution is 7.10. The largest absolute Gasteiger partial charge is 0.356 e. The van der Waals surface area contributed by atoms with Crippen molar-refractivity contribution in [1.29, 1.82) is 0 Å². The molecule has 0 saturated heterocycles. The minimum atomic E-state index is 0.120. The zero-order valence-corrected chi connectivity index (χ0v) is 14.2. The van der Waals surface area contributed by atoms with Crippen LogP contribution in [0.25, 0.3) is 0 Å². The number of hydrogen-bond acceptors (Lipinski definition) is 3. The molecule has 0 radical (unpaired) electrons. The molecule has 1 aromatic rings. The third-order valence-corrected chi connectivity index (χ3v) is 4.42. The van der Waals surface area contributed by atoms with E-state index in [4.69, 9.17) is 0 Å². The summed E-state index contributed by atoms with van der Waals surface area (Å²) in [6.45, 7) is 7.42. The van der Waals surface area contributed by atoms with Gasteiger partial charge in [0.2, 0.25) is 0 Å². The first-order valence-corrected chi connectivity index (χ1v) is 7.97. The molecule has 5 heteroatoms. The van der Waals surface area contributed by atoms with E-state index < -0.39 is 0 Å². The topological polar surface area (TPSA) is 39.7 Å². The summed E-state index contributed by atoms with van der Waals surface area (Å²) in [4.78, 5) is 7.86. The van der Waals surface area contributed by atoms with E-state index in [2.05, 4.69) is 66.0 Å². The van der Waals surface area contributed by atoms with Crippen LogP contribution in [0.5, 0.6) is 0 Å². The molecule has 4 nitrogen and oxygen atoms in total. The number of nitrogens with zero attached hydrogens (tertiary/aromatic N) is 2. The summed E-state index contributed by atoms with van der Waals surface area (Å²) in [7, 11) is 6.01. The van der Waals surface area contributed by atoms with Gasteiger partial charge in [-0.1, -0.05) is 19.9 Å². The zero-order chi connectivity index (χ0) is 15.0. The second-order valence-corrected chi connectivity index (χ2v) is 6.82. The Bertz CT molecular complexity index is 396. The second-order valence-electron chi connectivity index (χ2n) is 5.87. The Morgan fingerprint density at radius 1 is 1.35 bits per heavy atom. The normalized spacial score (nSPS) is 12.8. The first-order chi connectivity index (χ1) is 9.45. The average molecular weight is 296 g/mol. The predicted molar refractivity (Wildman–Crippen MR) is 89.9 cm³/mol. The molecule has 2 N–H and O–H groups in total. The summed E-state index contributed by atoms with van der Waals surface area (Å²) in [5.41, 5.74) is 0.120. The van der Waals surface area contributed by atoms with Crippen molar-refractivity contribution in [3.63, 3.8) is 0 Å². The zero-order valence-electron chi connectivity index (χ0n) is 13.4. The number of aliphatic imine (C=N–C) groups is 1. The highest BCUT2D eigenvalue weighted by Crippen LogP contribution is 2.26. The molecule has 0 amide bonds. The van der Waals surface area contributed by atoms with Crippen molar-refractivity contribution in [2.45, 2.75) is 25.7 Å². The van der Waals surface area contributed by atoms with Crippen molar-refractivity contribution < 1.29 is 0 Å². The van der Waals surface area contributed by atoms with Crippen LogP contribution >= 0.6 is 11.3 Å². The molecule has 0 atom stereocenters. The maximum absolute atomic E-state index is 4.27. The minimum absolute atomic E-state index is 0.120. The molecule has 1 rings (SSSR count). The number of hydrogen-bond donors (Lipinski definition) is 2. The van der Waals surface area contributed by atoms with Gasteiger partial charge in [-0.2, -0.15) is 0 Å². The van der Waals surface area contributed by atoms with Crippen LogP contribution < -0.4 is 10.6 Å². The molecule has 0 aliphatic rings. The van der Waals surface area contributed by atoms with Gasteiger partial charge in [-0.05, 0) is 38.5 Å². The molecule has 1 aromatic heterocycles. The van der Waals surface area contributed by atoms with Gasteiger partial charge in [0.1, 0.15) is 0 Å². The second kappa shape index (κ2) is 8.27. The molecule has 1 heterocycles. The van der Waals surface area contributed by atoms with Gasteiger partial charge < -0.3 is 15.5 Å². The highest BCUT2D eigenvalue weighted by atomic mass is 32.1. The Hall–Kier alpha value is -1.07. The summed E-state index contributed by atoms with van der Waals surface area (Å²) >= 11 is 1.81. The lowest BCUT2D eigenvalue weighted by atomic mass is 9.91. The first-order valence-electron chi connectivity index (χ1n) is 7.09. The van der Waals surface area contributed by atoms with E-state index in [1.165, 1.54) is 4.88 Å². The number of rotatable bonds is 7. The molecule has 0 aliphatic heterocycles. The van der Waals surface area contributed by atoms with Crippen molar-refractivity contribution in [3.8, 4) is 0 Å². The van der Waals surface area contributed by atoms with Crippen molar-refractivity contribution in [2.24, 2.45) is 4.99 Å². The minimum Gasteiger partial charge on any atom is -0.356 e. The van der Waals surface area contributed by atoms with E-state index in [1.54, 1.807) is 0 Å². The molecule has 114 valence electrons. The molecule has 0 fully saturated rings. The fourth-order valence-corrected chi connectivity index (χ4v) is 2.73. The van der Waals surface area contributed by atoms with Gasteiger partial charge in [0.15, 0.2) is 5.96 Å². The molecule has 0 spiro atoms. The van der Waals surface area contributed by atoms with Gasteiger partial charge in [-0.15, -0.1) is 11.3 Å². The molecule has 20 heavy (non-hydrogen) atoms. The average Bonchev–Trinajstić information content (AvgIpc) is 2.92. The molecular weight excluding hydrogens is 268 g/mol. The smallest absolute Gasteiger partial charge is 0.191 e. The molecular formula is C15H28N4S. The van der Waals surface area contributed by atoms with E-state index in [9.17, 15) is 0 Å². The van der Waals surface area contributed by atoms with Crippen LogP contribution in [0.1, 0.15) is 25.1 Å². The van der Waals surface area contributed by atoms with Crippen LogP contribution in [-0.2, 0) is 5.41 Å². The van der Waals surface area contributed by atoms with Crippen molar-refractivity contribution >= 4 is 17.3 Å². The van der Waals surface area contributed by atoms with Crippen molar-refractivity contribution in [3.05, 3.63) is 22.4 Å². The Morgan fingerprint density at radius 3 is 2.65 bits per heavy atom. The van der Waals surface area contributed by atoms with Crippen molar-refractivity contribution in [2.75, 3.05) is 40.8 Å².